The molecule has 146 valence electrons. The molecule has 0 spiro atoms. The van der Waals surface area contributed by atoms with Crippen LogP contribution in [-0.2, 0) is 0 Å². The van der Waals surface area contributed by atoms with E-state index in [-0.39, 0.29) is 0 Å². The molecule has 0 atom stereocenters. The highest BCUT2D eigenvalue weighted by Gasteiger charge is 2.19. The van der Waals surface area contributed by atoms with E-state index >= 15 is 0 Å². The first-order chi connectivity index (χ1) is 12.7. The van der Waals surface area contributed by atoms with Gasteiger partial charge in [0.15, 0.2) is 11.5 Å². The van der Waals surface area contributed by atoms with Crippen LogP contribution in [0.2, 0.25) is 0 Å². The van der Waals surface area contributed by atoms with E-state index in [0.717, 1.165) is 42.2 Å². The van der Waals surface area contributed by atoms with Crippen molar-refractivity contribution in [2.45, 2.75) is 25.7 Å². The molecule has 2 saturated heterocycles. The minimum absolute atomic E-state index is 0.766. The summed E-state index contributed by atoms with van der Waals surface area (Å²) in [5.74, 6) is 1.56. The fraction of sp³-hybridized carbons (Fsp3) is 0.700. The lowest BCUT2D eigenvalue weighted by atomic mass is 10.2. The van der Waals surface area contributed by atoms with E-state index in [2.05, 4.69) is 36.7 Å². The van der Waals surface area contributed by atoms with Gasteiger partial charge in [-0.05, 0) is 67.8 Å². The maximum absolute atomic E-state index is 5.54. The average Bonchev–Trinajstić information content (AvgIpc) is 3.35. The summed E-state index contributed by atoms with van der Waals surface area (Å²) in [5.41, 5.74) is 1.20. The number of likely N-dealkylation sites (tertiary alicyclic amines) is 2. The predicted molar refractivity (Wildman–Crippen MR) is 111 cm³/mol. The first-order valence-corrected chi connectivity index (χ1v) is 10.6. The summed E-state index contributed by atoms with van der Waals surface area (Å²) in [6, 6.07) is 4.13. The van der Waals surface area contributed by atoms with Crippen molar-refractivity contribution < 1.29 is 9.47 Å². The zero-order valence-corrected chi connectivity index (χ0v) is 17.8. The Morgan fingerprint density at radius 2 is 1.31 bits per heavy atom. The summed E-state index contributed by atoms with van der Waals surface area (Å²) in [6.07, 6.45) is 5.36. The molecular formula is C20H32BrN3O2. The third kappa shape index (κ3) is 5.05. The second kappa shape index (κ2) is 9.81. The summed E-state index contributed by atoms with van der Waals surface area (Å²) in [7, 11) is 3.39. The molecule has 26 heavy (non-hydrogen) atoms. The number of hydrogen-bond donors (Lipinski definition) is 0. The van der Waals surface area contributed by atoms with Crippen molar-refractivity contribution in [2.24, 2.45) is 0 Å². The summed E-state index contributed by atoms with van der Waals surface area (Å²) in [4.78, 5) is 7.66. The van der Waals surface area contributed by atoms with Crippen molar-refractivity contribution in [2.75, 3.05) is 71.5 Å². The van der Waals surface area contributed by atoms with Crippen LogP contribution < -0.4 is 14.4 Å². The van der Waals surface area contributed by atoms with Gasteiger partial charge in [-0.3, -0.25) is 0 Å². The molecule has 0 unspecified atom stereocenters. The highest BCUT2D eigenvalue weighted by molar-refractivity contribution is 9.10. The van der Waals surface area contributed by atoms with Crippen molar-refractivity contribution >= 4 is 21.6 Å². The number of ether oxygens (including phenoxy) is 2. The van der Waals surface area contributed by atoms with Crippen molar-refractivity contribution in [3.05, 3.63) is 16.6 Å². The van der Waals surface area contributed by atoms with Gasteiger partial charge in [0.1, 0.15) is 0 Å². The average molecular weight is 426 g/mol. The Hall–Kier alpha value is -0.980. The van der Waals surface area contributed by atoms with Gasteiger partial charge in [0, 0.05) is 42.8 Å². The Balaban J connectivity index is 1.73. The van der Waals surface area contributed by atoms with Crippen molar-refractivity contribution in [3.63, 3.8) is 0 Å². The molecule has 0 radical (unpaired) electrons. The van der Waals surface area contributed by atoms with E-state index in [1.54, 1.807) is 14.2 Å². The van der Waals surface area contributed by atoms with Crippen LogP contribution in [-0.4, -0.2) is 76.4 Å². The molecular weight excluding hydrogens is 394 g/mol. The van der Waals surface area contributed by atoms with Gasteiger partial charge in [-0.1, -0.05) is 0 Å². The van der Waals surface area contributed by atoms with Gasteiger partial charge in [0.05, 0.1) is 19.9 Å². The molecule has 0 bridgehead atoms. The van der Waals surface area contributed by atoms with E-state index in [1.807, 2.05) is 6.07 Å². The van der Waals surface area contributed by atoms with E-state index in [9.17, 15) is 0 Å². The number of anilines is 1. The van der Waals surface area contributed by atoms with Gasteiger partial charge in [-0.25, -0.2) is 0 Å². The van der Waals surface area contributed by atoms with Gasteiger partial charge < -0.3 is 24.2 Å². The molecule has 1 aromatic rings. The van der Waals surface area contributed by atoms with E-state index < -0.39 is 0 Å². The highest BCUT2D eigenvalue weighted by Crippen LogP contribution is 2.38. The second-order valence-electron chi connectivity index (χ2n) is 7.24. The Bertz CT molecular complexity index is 552. The predicted octanol–water partition coefficient (Wildman–Crippen LogP) is 3.46. The van der Waals surface area contributed by atoms with Crippen LogP contribution in [0.3, 0.4) is 0 Å². The van der Waals surface area contributed by atoms with Gasteiger partial charge in [0.2, 0.25) is 0 Å². The Morgan fingerprint density at radius 1 is 0.846 bits per heavy atom. The summed E-state index contributed by atoms with van der Waals surface area (Å²) < 4.78 is 12.1. The number of nitrogens with zero attached hydrogens (tertiary/aromatic N) is 3. The third-order valence-corrected chi connectivity index (χ3v) is 6.20. The SMILES string of the molecule is COc1cc(Br)c(N(CCN2CCCC2)CCN2CCCC2)cc1OC. The zero-order chi connectivity index (χ0) is 18.4. The first kappa shape index (κ1) is 19.8. The first-order valence-electron chi connectivity index (χ1n) is 9.82. The number of benzene rings is 1. The quantitative estimate of drug-likeness (QED) is 0.603. The lowest BCUT2D eigenvalue weighted by molar-refractivity contribution is 0.326. The fourth-order valence-corrected chi connectivity index (χ4v) is 4.55. The topological polar surface area (TPSA) is 28.2 Å². The molecule has 0 amide bonds. The van der Waals surface area contributed by atoms with Crippen LogP contribution >= 0.6 is 15.9 Å². The molecule has 3 rings (SSSR count). The van der Waals surface area contributed by atoms with Crippen LogP contribution in [0, 0.1) is 0 Å². The van der Waals surface area contributed by atoms with Gasteiger partial charge in [-0.15, -0.1) is 0 Å². The largest absolute Gasteiger partial charge is 0.493 e. The minimum Gasteiger partial charge on any atom is -0.493 e. The molecule has 0 aliphatic carbocycles. The van der Waals surface area contributed by atoms with Crippen molar-refractivity contribution in [1.29, 1.82) is 0 Å². The van der Waals surface area contributed by atoms with Gasteiger partial charge in [-0.2, -0.15) is 0 Å². The lowest BCUT2D eigenvalue weighted by Gasteiger charge is -2.30. The lowest BCUT2D eigenvalue weighted by Crippen LogP contribution is -2.39. The number of halogens is 1. The summed E-state index contributed by atoms with van der Waals surface area (Å²) >= 11 is 3.75. The van der Waals surface area contributed by atoms with Crippen LogP contribution in [0.5, 0.6) is 11.5 Å². The maximum atomic E-state index is 5.54. The zero-order valence-electron chi connectivity index (χ0n) is 16.2. The summed E-state index contributed by atoms with van der Waals surface area (Å²) in [5, 5.41) is 0. The van der Waals surface area contributed by atoms with Crippen molar-refractivity contribution in [1.82, 2.24) is 9.80 Å². The smallest absolute Gasteiger partial charge is 0.162 e. The Kier molecular flexibility index (Phi) is 7.46. The molecule has 0 saturated carbocycles. The molecule has 5 nitrogen and oxygen atoms in total. The van der Waals surface area contributed by atoms with Crippen molar-refractivity contribution in [3.8, 4) is 11.5 Å². The van der Waals surface area contributed by atoms with E-state index in [0.29, 0.717) is 0 Å². The molecule has 2 heterocycles. The number of methoxy groups -OCH3 is 2. The summed E-state index contributed by atoms with van der Waals surface area (Å²) in [6.45, 7) is 9.31. The maximum Gasteiger partial charge on any atom is 0.162 e. The molecule has 0 N–H and O–H groups in total. The van der Waals surface area contributed by atoms with E-state index in [1.165, 1.54) is 57.5 Å². The Morgan fingerprint density at radius 3 is 1.77 bits per heavy atom. The highest BCUT2D eigenvalue weighted by atomic mass is 79.9. The van der Waals surface area contributed by atoms with Crippen LogP contribution in [0.4, 0.5) is 5.69 Å². The Labute approximate surface area is 166 Å². The monoisotopic (exact) mass is 425 g/mol. The number of rotatable bonds is 9. The molecule has 2 fully saturated rings. The standard InChI is InChI=1S/C20H32BrN3O2/c1-25-19-15-17(21)18(16-20(19)26-2)24(13-11-22-7-3-4-8-22)14-12-23-9-5-6-10-23/h15-16H,3-14H2,1-2H3. The van der Waals surface area contributed by atoms with Crippen LogP contribution in [0.15, 0.2) is 16.6 Å². The normalized spacial score (nSPS) is 18.4. The van der Waals surface area contributed by atoms with Gasteiger partial charge in [0.25, 0.3) is 0 Å². The molecule has 1 aromatic carbocycles. The van der Waals surface area contributed by atoms with Crippen LogP contribution in [0.25, 0.3) is 0 Å². The number of hydrogen-bond acceptors (Lipinski definition) is 5. The van der Waals surface area contributed by atoms with E-state index in [4.69, 9.17) is 9.47 Å². The fourth-order valence-electron chi connectivity index (χ4n) is 3.98. The molecule has 2 aliphatic rings. The minimum atomic E-state index is 0.766. The molecule has 2 aliphatic heterocycles. The van der Waals surface area contributed by atoms with Crippen LogP contribution in [0.1, 0.15) is 25.7 Å². The second-order valence-corrected chi connectivity index (χ2v) is 8.10. The molecule has 6 heteroatoms. The third-order valence-electron chi connectivity index (χ3n) is 5.56. The van der Waals surface area contributed by atoms with Gasteiger partial charge >= 0.3 is 0 Å². The molecule has 0 aromatic heterocycles.